The number of nitrogens with one attached hydrogen (secondary N) is 1. The highest BCUT2D eigenvalue weighted by atomic mass is 32.2. The first-order chi connectivity index (χ1) is 14.4. The van der Waals surface area contributed by atoms with Crippen molar-refractivity contribution >= 4 is 26.9 Å². The van der Waals surface area contributed by atoms with Crippen molar-refractivity contribution < 1.29 is 26.5 Å². The van der Waals surface area contributed by atoms with Gasteiger partial charge in [0, 0.05) is 13.1 Å². The Morgan fingerprint density at radius 3 is 2.26 bits per heavy atom. The fraction of sp³-hybridized carbons (Fsp3) is 0.167. The highest BCUT2D eigenvalue weighted by Crippen LogP contribution is 2.35. The normalized spacial score (nSPS) is 12.0. The number of nitro groups is 1. The van der Waals surface area contributed by atoms with Gasteiger partial charge in [-0.3, -0.25) is 19.6 Å². The van der Waals surface area contributed by atoms with Crippen LogP contribution in [0.15, 0.2) is 58.2 Å². The highest BCUT2D eigenvalue weighted by molar-refractivity contribution is 7.92. The molecule has 0 spiro atoms. The molecule has 0 unspecified atom stereocenters. The summed E-state index contributed by atoms with van der Waals surface area (Å²) in [7, 11) is -4.19. The van der Waals surface area contributed by atoms with Crippen LogP contribution in [0.3, 0.4) is 0 Å². The number of nitrogens with zero attached hydrogens (tertiary/aromatic N) is 3. The second-order valence-electron chi connectivity index (χ2n) is 6.45. The molecule has 9 nitrogen and oxygen atoms in total. The minimum atomic E-state index is -5.78. The van der Waals surface area contributed by atoms with Gasteiger partial charge in [-0.2, -0.15) is 13.2 Å². The average molecular weight is 456 g/mol. The van der Waals surface area contributed by atoms with E-state index in [0.29, 0.717) is 23.5 Å². The Morgan fingerprint density at radius 2 is 1.71 bits per heavy atom. The average Bonchev–Trinajstić information content (AvgIpc) is 2.91. The smallest absolute Gasteiger partial charge is 0.344 e. The van der Waals surface area contributed by atoms with Gasteiger partial charge in [0.25, 0.3) is 21.1 Å². The molecule has 3 aromatic rings. The van der Waals surface area contributed by atoms with Gasteiger partial charge in [-0.25, -0.2) is 13.1 Å². The van der Waals surface area contributed by atoms with Gasteiger partial charge in [0.1, 0.15) is 11.4 Å². The molecule has 0 saturated heterocycles. The molecule has 3 rings (SSSR count). The minimum Gasteiger partial charge on any atom is -0.344 e. The number of nitro benzene ring substituents is 1. The molecule has 1 heterocycles. The fourth-order valence-corrected chi connectivity index (χ4v) is 3.70. The molecule has 13 heteroatoms. The fourth-order valence-electron chi connectivity index (χ4n) is 2.92. The van der Waals surface area contributed by atoms with E-state index >= 15 is 0 Å². The predicted molar refractivity (Wildman–Crippen MR) is 105 cm³/mol. The molecule has 0 aliphatic rings. The van der Waals surface area contributed by atoms with Crippen molar-refractivity contribution in [2.24, 2.45) is 7.05 Å². The summed E-state index contributed by atoms with van der Waals surface area (Å²) in [5.41, 5.74) is -6.60. The molecular weight excluding hydrogens is 441 g/mol. The first kappa shape index (κ1) is 22.1. The molecule has 0 bridgehead atoms. The molecule has 0 atom stereocenters. The Morgan fingerprint density at radius 1 is 1.10 bits per heavy atom. The van der Waals surface area contributed by atoms with Gasteiger partial charge in [0.2, 0.25) is 0 Å². The standard InChI is InChI=1S/C18H15F3N4O5S/c1-11-16(17(26)24(23(11)2)12-6-4-3-5-7-12)22-14-9-8-13(10-15(14)25(27)28)31(29,30)18(19,20)21/h3-10,22H,1-2H3. The summed E-state index contributed by atoms with van der Waals surface area (Å²) in [6, 6.07) is 10.2. The van der Waals surface area contributed by atoms with Crippen molar-refractivity contribution in [1.29, 1.82) is 0 Å². The molecule has 0 amide bonds. The van der Waals surface area contributed by atoms with E-state index in [4.69, 9.17) is 0 Å². The summed E-state index contributed by atoms with van der Waals surface area (Å²) < 4.78 is 64.3. The van der Waals surface area contributed by atoms with Gasteiger partial charge in [-0.05, 0) is 31.2 Å². The Balaban J connectivity index is 2.12. The zero-order valence-electron chi connectivity index (χ0n) is 16.0. The number of anilines is 2. The van der Waals surface area contributed by atoms with Crippen LogP contribution in [-0.4, -0.2) is 28.2 Å². The summed E-state index contributed by atoms with van der Waals surface area (Å²) in [6.07, 6.45) is 0. The topological polar surface area (TPSA) is 116 Å². The SMILES string of the molecule is Cc1c(Nc2ccc(S(=O)(=O)C(F)(F)F)cc2[N+](=O)[O-])c(=O)n(-c2ccccc2)n1C. The first-order valence-electron chi connectivity index (χ1n) is 8.57. The van der Waals surface area contributed by atoms with Crippen molar-refractivity contribution in [3.8, 4) is 5.69 Å². The van der Waals surface area contributed by atoms with Crippen LogP contribution in [0.1, 0.15) is 5.69 Å². The van der Waals surface area contributed by atoms with Crippen molar-refractivity contribution in [1.82, 2.24) is 9.36 Å². The third kappa shape index (κ3) is 3.79. The van der Waals surface area contributed by atoms with Crippen LogP contribution in [0.2, 0.25) is 0 Å². The third-order valence-corrected chi connectivity index (χ3v) is 6.08. The van der Waals surface area contributed by atoms with Crippen molar-refractivity contribution in [3.05, 3.63) is 74.7 Å². The van der Waals surface area contributed by atoms with Gasteiger partial charge >= 0.3 is 5.51 Å². The molecule has 0 saturated carbocycles. The van der Waals surface area contributed by atoms with Crippen LogP contribution < -0.4 is 10.9 Å². The molecule has 164 valence electrons. The second-order valence-corrected chi connectivity index (χ2v) is 8.39. The monoisotopic (exact) mass is 456 g/mol. The van der Waals surface area contributed by atoms with Gasteiger partial charge in [-0.15, -0.1) is 0 Å². The molecule has 1 aromatic heterocycles. The van der Waals surface area contributed by atoms with Crippen LogP contribution in [0.5, 0.6) is 0 Å². The molecule has 0 fully saturated rings. The lowest BCUT2D eigenvalue weighted by molar-refractivity contribution is -0.384. The molecule has 2 aromatic carbocycles. The summed E-state index contributed by atoms with van der Waals surface area (Å²) in [5.74, 6) is 0. The van der Waals surface area contributed by atoms with Crippen LogP contribution in [0.25, 0.3) is 5.69 Å². The van der Waals surface area contributed by atoms with Crippen LogP contribution in [0, 0.1) is 17.0 Å². The van der Waals surface area contributed by atoms with Gasteiger partial charge in [0.05, 0.1) is 21.2 Å². The van der Waals surface area contributed by atoms with Crippen molar-refractivity contribution in [2.75, 3.05) is 5.32 Å². The quantitative estimate of drug-likeness (QED) is 0.465. The molecule has 1 N–H and O–H groups in total. The van der Waals surface area contributed by atoms with E-state index in [1.54, 1.807) is 44.3 Å². The number of hydrogen-bond donors (Lipinski definition) is 1. The third-order valence-electron chi connectivity index (χ3n) is 4.59. The zero-order chi connectivity index (χ0) is 23.1. The number of para-hydroxylation sites is 1. The van der Waals surface area contributed by atoms with Gasteiger partial charge in [-0.1, -0.05) is 18.2 Å². The van der Waals surface area contributed by atoms with E-state index in [1.807, 2.05) is 0 Å². The number of halogens is 3. The summed E-state index contributed by atoms with van der Waals surface area (Å²) >= 11 is 0. The summed E-state index contributed by atoms with van der Waals surface area (Å²) in [4.78, 5) is 22.0. The van der Waals surface area contributed by atoms with Crippen molar-refractivity contribution in [3.63, 3.8) is 0 Å². The largest absolute Gasteiger partial charge is 0.501 e. The lowest BCUT2D eigenvalue weighted by atomic mass is 10.2. The number of benzene rings is 2. The Bertz CT molecular complexity index is 1330. The number of hydrogen-bond acceptors (Lipinski definition) is 6. The first-order valence-corrected chi connectivity index (χ1v) is 10.1. The Kier molecular flexibility index (Phi) is 5.40. The van der Waals surface area contributed by atoms with E-state index in [9.17, 15) is 36.5 Å². The maximum atomic E-state index is 12.9. The molecule has 0 radical (unpaired) electrons. The number of sulfone groups is 1. The van der Waals surface area contributed by atoms with Crippen LogP contribution in [0.4, 0.5) is 30.2 Å². The molecular formula is C18H15F3N4O5S. The van der Waals surface area contributed by atoms with Gasteiger partial charge in [0.15, 0.2) is 0 Å². The van der Waals surface area contributed by atoms with Gasteiger partial charge < -0.3 is 5.32 Å². The lowest BCUT2D eigenvalue weighted by Crippen LogP contribution is -2.23. The summed E-state index contributed by atoms with van der Waals surface area (Å²) in [5, 5.41) is 14.0. The number of alkyl halides is 3. The van der Waals surface area contributed by atoms with E-state index in [1.165, 1.54) is 9.36 Å². The van der Waals surface area contributed by atoms with E-state index in [2.05, 4.69) is 5.32 Å². The zero-order valence-corrected chi connectivity index (χ0v) is 16.9. The van der Waals surface area contributed by atoms with Crippen molar-refractivity contribution in [2.45, 2.75) is 17.3 Å². The summed E-state index contributed by atoms with van der Waals surface area (Å²) in [6.45, 7) is 1.57. The maximum absolute atomic E-state index is 12.9. The lowest BCUT2D eigenvalue weighted by Gasteiger charge is -2.10. The van der Waals surface area contributed by atoms with E-state index < -0.39 is 36.4 Å². The molecule has 31 heavy (non-hydrogen) atoms. The molecule has 0 aliphatic heterocycles. The second kappa shape index (κ2) is 7.58. The minimum absolute atomic E-state index is 0.0547. The van der Waals surface area contributed by atoms with Crippen LogP contribution >= 0.6 is 0 Å². The van der Waals surface area contributed by atoms with E-state index in [-0.39, 0.29) is 11.4 Å². The Hall–Kier alpha value is -3.61. The Labute approximate surface area is 173 Å². The van der Waals surface area contributed by atoms with Crippen LogP contribution in [-0.2, 0) is 16.9 Å². The predicted octanol–water partition coefficient (Wildman–Crippen LogP) is 3.43. The number of aromatic nitrogens is 2. The maximum Gasteiger partial charge on any atom is 0.501 e. The molecule has 0 aliphatic carbocycles. The number of rotatable bonds is 5. The highest BCUT2D eigenvalue weighted by Gasteiger charge is 2.47. The van der Waals surface area contributed by atoms with E-state index in [0.717, 1.165) is 6.07 Å².